The van der Waals surface area contributed by atoms with Crippen LogP contribution in [-0.4, -0.2) is 36.4 Å². The Morgan fingerprint density at radius 1 is 1.28 bits per heavy atom. The maximum atomic E-state index is 11.6. The molecule has 0 amide bonds. The van der Waals surface area contributed by atoms with Gasteiger partial charge in [-0.15, -0.1) is 0 Å². The minimum absolute atomic E-state index is 0.0626. The first-order valence-corrected chi connectivity index (χ1v) is 10.4. The third kappa shape index (κ3) is 4.11. The van der Waals surface area contributed by atoms with E-state index in [0.29, 0.717) is 19.0 Å². The van der Waals surface area contributed by atoms with Gasteiger partial charge in [0.2, 0.25) is 5.88 Å². The number of fused-ring (bicyclic) bond motifs is 1. The van der Waals surface area contributed by atoms with Crippen LogP contribution in [0.1, 0.15) is 36.7 Å². The molecule has 0 spiro atoms. The first-order chi connectivity index (χ1) is 11.9. The molecule has 0 radical (unpaired) electrons. The third-order valence-corrected chi connectivity index (χ3v) is 5.77. The lowest BCUT2D eigenvalue weighted by molar-refractivity contribution is 0.188. The fourth-order valence-electron chi connectivity index (χ4n) is 2.99. The van der Waals surface area contributed by atoms with Crippen LogP contribution in [0.3, 0.4) is 0 Å². The van der Waals surface area contributed by atoms with Gasteiger partial charge in [0, 0.05) is 23.8 Å². The molecule has 134 valence electrons. The van der Waals surface area contributed by atoms with E-state index in [4.69, 9.17) is 15.4 Å². The fraction of sp³-hybridized carbons (Fsp3) is 0.412. The van der Waals surface area contributed by atoms with Crippen LogP contribution in [0, 0.1) is 0 Å². The number of rotatable bonds is 5. The molecule has 1 aliphatic heterocycles. The van der Waals surface area contributed by atoms with Crippen molar-refractivity contribution >= 4 is 19.7 Å². The van der Waals surface area contributed by atoms with Crippen molar-refractivity contribution in [3.63, 3.8) is 0 Å². The molecule has 0 fully saturated rings. The van der Waals surface area contributed by atoms with Crippen LogP contribution in [0.15, 0.2) is 35.5 Å². The highest BCUT2D eigenvalue weighted by Gasteiger charge is 2.24. The van der Waals surface area contributed by atoms with Crippen molar-refractivity contribution in [2.24, 2.45) is 0 Å². The molecule has 2 heterocycles. The molecule has 0 saturated heterocycles. The topological polar surface area (TPSA) is 72.4 Å². The van der Waals surface area contributed by atoms with Gasteiger partial charge < -0.3 is 4.74 Å². The second kappa shape index (κ2) is 7.27. The predicted molar refractivity (Wildman–Crippen MR) is 95.2 cm³/mol. The number of hydrogen-bond acceptors (Lipinski definition) is 6. The Morgan fingerprint density at radius 2 is 2.08 bits per heavy atom. The SMILES string of the molecule is CCOc1cnc(C(C)N2CCc3ccc(S(=O)(=O)Cl)cc3C2)cn1. The quantitative estimate of drug-likeness (QED) is 0.741. The van der Waals surface area contributed by atoms with Crippen LogP contribution < -0.4 is 4.74 Å². The van der Waals surface area contributed by atoms with Gasteiger partial charge in [-0.25, -0.2) is 13.4 Å². The molecule has 0 aliphatic carbocycles. The molecular weight excluding hydrogens is 362 g/mol. The van der Waals surface area contributed by atoms with Crippen molar-refractivity contribution in [1.82, 2.24) is 14.9 Å². The van der Waals surface area contributed by atoms with E-state index in [1.165, 1.54) is 0 Å². The van der Waals surface area contributed by atoms with Gasteiger partial charge in [0.25, 0.3) is 9.05 Å². The number of nitrogens with zero attached hydrogens (tertiary/aromatic N) is 3. The molecule has 6 nitrogen and oxygen atoms in total. The number of halogens is 1. The molecule has 1 atom stereocenters. The third-order valence-electron chi connectivity index (χ3n) is 4.42. The Labute approximate surface area is 152 Å². The van der Waals surface area contributed by atoms with Crippen LogP contribution in [0.4, 0.5) is 0 Å². The van der Waals surface area contributed by atoms with Crippen LogP contribution >= 0.6 is 10.7 Å². The second-order valence-electron chi connectivity index (χ2n) is 5.98. The van der Waals surface area contributed by atoms with E-state index in [1.807, 2.05) is 13.0 Å². The van der Waals surface area contributed by atoms with E-state index < -0.39 is 9.05 Å². The smallest absolute Gasteiger partial charge is 0.261 e. The number of aromatic nitrogens is 2. The molecule has 0 N–H and O–H groups in total. The van der Waals surface area contributed by atoms with Gasteiger partial charge in [0.1, 0.15) is 0 Å². The average molecular weight is 382 g/mol. The van der Waals surface area contributed by atoms with Gasteiger partial charge in [-0.3, -0.25) is 9.88 Å². The van der Waals surface area contributed by atoms with E-state index in [2.05, 4.69) is 21.8 Å². The Bertz CT molecular complexity index is 856. The van der Waals surface area contributed by atoms with E-state index in [0.717, 1.165) is 29.8 Å². The molecule has 8 heteroatoms. The first kappa shape index (κ1) is 18.1. The minimum atomic E-state index is -3.72. The van der Waals surface area contributed by atoms with E-state index in [9.17, 15) is 8.42 Å². The fourth-order valence-corrected chi connectivity index (χ4v) is 3.79. The monoisotopic (exact) mass is 381 g/mol. The zero-order valence-electron chi connectivity index (χ0n) is 14.1. The minimum Gasteiger partial charge on any atom is -0.477 e. The van der Waals surface area contributed by atoms with Crippen molar-refractivity contribution in [3.05, 3.63) is 47.4 Å². The molecular formula is C17H20ClN3O3S. The van der Waals surface area contributed by atoms with E-state index in [-0.39, 0.29) is 10.9 Å². The zero-order valence-corrected chi connectivity index (χ0v) is 15.7. The van der Waals surface area contributed by atoms with Gasteiger partial charge in [0.05, 0.1) is 35.6 Å². The summed E-state index contributed by atoms with van der Waals surface area (Å²) in [7, 11) is 1.75. The van der Waals surface area contributed by atoms with Crippen LogP contribution in [0.25, 0.3) is 0 Å². The van der Waals surface area contributed by atoms with Crippen molar-refractivity contribution in [2.45, 2.75) is 37.8 Å². The Hall–Kier alpha value is -1.70. The lowest BCUT2D eigenvalue weighted by Gasteiger charge is -2.33. The molecule has 2 aromatic rings. The summed E-state index contributed by atoms with van der Waals surface area (Å²) in [5, 5.41) is 0. The average Bonchev–Trinajstić information content (AvgIpc) is 2.60. The maximum Gasteiger partial charge on any atom is 0.261 e. The molecule has 0 saturated carbocycles. The molecule has 1 aromatic heterocycles. The summed E-state index contributed by atoms with van der Waals surface area (Å²) < 4.78 is 28.4. The highest BCUT2D eigenvalue weighted by molar-refractivity contribution is 8.13. The zero-order chi connectivity index (χ0) is 18.0. The van der Waals surface area contributed by atoms with E-state index >= 15 is 0 Å². The normalized spacial score (nSPS) is 16.3. The van der Waals surface area contributed by atoms with Crippen molar-refractivity contribution in [3.8, 4) is 5.88 Å². The van der Waals surface area contributed by atoms with E-state index in [1.54, 1.807) is 24.5 Å². The Kier molecular flexibility index (Phi) is 5.27. The summed E-state index contributed by atoms with van der Waals surface area (Å²) in [6.07, 6.45) is 4.21. The summed E-state index contributed by atoms with van der Waals surface area (Å²) in [5.74, 6) is 0.513. The lowest BCUT2D eigenvalue weighted by atomic mass is 9.98. The van der Waals surface area contributed by atoms with Crippen molar-refractivity contribution in [2.75, 3.05) is 13.2 Å². The highest BCUT2D eigenvalue weighted by atomic mass is 35.7. The Morgan fingerprint density at radius 3 is 2.72 bits per heavy atom. The highest BCUT2D eigenvalue weighted by Crippen LogP contribution is 2.29. The predicted octanol–water partition coefficient (Wildman–Crippen LogP) is 2.92. The Balaban J connectivity index is 1.79. The maximum absolute atomic E-state index is 11.6. The largest absolute Gasteiger partial charge is 0.477 e. The van der Waals surface area contributed by atoms with Gasteiger partial charge in [0.15, 0.2) is 0 Å². The summed E-state index contributed by atoms with van der Waals surface area (Å²) >= 11 is 0. The summed E-state index contributed by atoms with van der Waals surface area (Å²) in [6, 6.07) is 5.15. The van der Waals surface area contributed by atoms with Gasteiger partial charge >= 0.3 is 0 Å². The molecule has 0 bridgehead atoms. The summed E-state index contributed by atoms with van der Waals surface area (Å²) in [6.45, 7) is 6.04. The van der Waals surface area contributed by atoms with Gasteiger partial charge in [-0.1, -0.05) is 6.07 Å². The number of benzene rings is 1. The summed E-state index contributed by atoms with van der Waals surface area (Å²) in [5.41, 5.74) is 3.00. The molecule has 3 rings (SSSR count). The first-order valence-electron chi connectivity index (χ1n) is 8.13. The molecule has 1 unspecified atom stereocenters. The van der Waals surface area contributed by atoms with Crippen LogP contribution in [0.2, 0.25) is 0 Å². The number of ether oxygens (including phenoxy) is 1. The van der Waals surface area contributed by atoms with Crippen LogP contribution in [-0.2, 0) is 22.0 Å². The molecule has 1 aromatic carbocycles. The van der Waals surface area contributed by atoms with Gasteiger partial charge in [-0.05, 0) is 43.5 Å². The van der Waals surface area contributed by atoms with Crippen molar-refractivity contribution in [1.29, 1.82) is 0 Å². The van der Waals surface area contributed by atoms with Crippen LogP contribution in [0.5, 0.6) is 5.88 Å². The van der Waals surface area contributed by atoms with Gasteiger partial charge in [-0.2, -0.15) is 0 Å². The molecule has 25 heavy (non-hydrogen) atoms. The summed E-state index contributed by atoms with van der Waals surface area (Å²) in [4.78, 5) is 11.1. The molecule has 1 aliphatic rings. The van der Waals surface area contributed by atoms with Crippen molar-refractivity contribution < 1.29 is 13.2 Å². The standard InChI is InChI=1S/C17H20ClN3O3S/c1-3-24-17-10-19-16(9-20-17)12(2)21-7-6-13-4-5-15(25(18,22)23)8-14(13)11-21/h4-5,8-10,12H,3,6-7,11H2,1-2H3. The lowest BCUT2D eigenvalue weighted by Crippen LogP contribution is -2.33. The second-order valence-corrected chi connectivity index (χ2v) is 8.54. The number of hydrogen-bond donors (Lipinski definition) is 0.